The Morgan fingerprint density at radius 3 is 2.53 bits per heavy atom. The van der Waals surface area contributed by atoms with Crippen LogP contribution in [0.4, 0.5) is 0 Å². The topological polar surface area (TPSA) is 87.7 Å². The van der Waals surface area contributed by atoms with Crippen LogP contribution in [0.3, 0.4) is 0 Å². The van der Waals surface area contributed by atoms with Gasteiger partial charge < -0.3 is 9.47 Å². The van der Waals surface area contributed by atoms with Gasteiger partial charge in [-0.2, -0.15) is 0 Å². The van der Waals surface area contributed by atoms with Gasteiger partial charge in [-0.15, -0.1) is 10.2 Å². The monoisotopic (exact) mass is 454 g/mol. The number of aromatic nitrogens is 4. The molecule has 0 fully saturated rings. The maximum absolute atomic E-state index is 12.9. The molecule has 2 heterocycles. The first-order chi connectivity index (χ1) is 16.5. The number of para-hydroxylation sites is 1. The molecule has 0 unspecified atom stereocenters. The fraction of sp³-hybridized carbons (Fsp3) is 0.154. The molecular formula is C26H22N4O4. The van der Waals surface area contributed by atoms with Gasteiger partial charge in [-0.05, 0) is 37.3 Å². The first-order valence-electron chi connectivity index (χ1n) is 10.8. The molecule has 170 valence electrons. The summed E-state index contributed by atoms with van der Waals surface area (Å²) in [5.74, 6) is 1.03. The Labute approximate surface area is 195 Å². The highest BCUT2D eigenvalue weighted by Crippen LogP contribution is 2.18. The van der Waals surface area contributed by atoms with E-state index in [-0.39, 0.29) is 18.8 Å². The highest BCUT2D eigenvalue weighted by molar-refractivity contribution is 5.91. The van der Waals surface area contributed by atoms with Crippen molar-refractivity contribution >= 4 is 22.6 Å². The highest BCUT2D eigenvalue weighted by Gasteiger charge is 2.18. The SMILES string of the molecule is Cc1ccc2c(c1)c(=O)n(C)c1nnc(COC(=O)c3ccccc3COc3ccccc3)n21. The minimum Gasteiger partial charge on any atom is -0.489 e. The summed E-state index contributed by atoms with van der Waals surface area (Å²) < 4.78 is 14.6. The van der Waals surface area contributed by atoms with Gasteiger partial charge in [0.2, 0.25) is 5.78 Å². The van der Waals surface area contributed by atoms with E-state index in [4.69, 9.17) is 9.47 Å². The Hall–Kier alpha value is -4.46. The van der Waals surface area contributed by atoms with Gasteiger partial charge in [0.25, 0.3) is 5.56 Å². The van der Waals surface area contributed by atoms with Crippen molar-refractivity contribution in [1.82, 2.24) is 19.2 Å². The fourth-order valence-electron chi connectivity index (χ4n) is 3.88. The number of aryl methyl sites for hydroxylation is 2. The minimum atomic E-state index is -0.492. The van der Waals surface area contributed by atoms with Gasteiger partial charge in [-0.3, -0.25) is 13.8 Å². The molecule has 2 aromatic heterocycles. The number of rotatable bonds is 6. The molecule has 0 N–H and O–H groups in total. The third-order valence-corrected chi connectivity index (χ3v) is 5.65. The van der Waals surface area contributed by atoms with Gasteiger partial charge >= 0.3 is 5.97 Å². The van der Waals surface area contributed by atoms with Crippen LogP contribution in [0.1, 0.15) is 27.3 Å². The molecule has 0 amide bonds. The number of hydrogen-bond acceptors (Lipinski definition) is 6. The lowest BCUT2D eigenvalue weighted by Crippen LogP contribution is -2.20. The molecule has 5 rings (SSSR count). The van der Waals surface area contributed by atoms with Gasteiger partial charge in [-0.1, -0.05) is 48.0 Å². The maximum Gasteiger partial charge on any atom is 0.338 e. The third-order valence-electron chi connectivity index (χ3n) is 5.65. The lowest BCUT2D eigenvalue weighted by atomic mass is 10.1. The summed E-state index contributed by atoms with van der Waals surface area (Å²) in [5, 5.41) is 8.88. The molecule has 0 atom stereocenters. The van der Waals surface area contributed by atoms with E-state index in [1.807, 2.05) is 67.6 Å². The molecule has 0 spiro atoms. The summed E-state index contributed by atoms with van der Waals surface area (Å²) in [6.07, 6.45) is 0. The van der Waals surface area contributed by atoms with Crippen molar-refractivity contribution in [3.05, 3.63) is 106 Å². The molecule has 0 aliphatic rings. The molecule has 34 heavy (non-hydrogen) atoms. The van der Waals surface area contributed by atoms with Gasteiger partial charge in [0.05, 0.1) is 16.5 Å². The predicted molar refractivity (Wildman–Crippen MR) is 127 cm³/mol. The number of carbonyl (C=O) groups is 1. The Kier molecular flexibility index (Phi) is 5.55. The third kappa shape index (κ3) is 3.90. The van der Waals surface area contributed by atoms with Crippen LogP contribution in [0.5, 0.6) is 5.75 Å². The molecule has 0 saturated heterocycles. The zero-order valence-electron chi connectivity index (χ0n) is 18.8. The lowest BCUT2D eigenvalue weighted by molar-refractivity contribution is 0.0458. The summed E-state index contributed by atoms with van der Waals surface area (Å²) >= 11 is 0. The summed E-state index contributed by atoms with van der Waals surface area (Å²) in [7, 11) is 1.65. The van der Waals surface area contributed by atoms with E-state index in [0.717, 1.165) is 5.56 Å². The van der Waals surface area contributed by atoms with Gasteiger partial charge in [-0.25, -0.2) is 4.79 Å². The highest BCUT2D eigenvalue weighted by atomic mass is 16.5. The first kappa shape index (κ1) is 21.4. The van der Waals surface area contributed by atoms with E-state index < -0.39 is 5.97 Å². The maximum atomic E-state index is 12.9. The Morgan fingerprint density at radius 1 is 0.941 bits per heavy atom. The summed E-state index contributed by atoms with van der Waals surface area (Å²) in [6, 6.07) is 22.2. The molecule has 0 radical (unpaired) electrons. The van der Waals surface area contributed by atoms with Crippen molar-refractivity contribution in [2.45, 2.75) is 20.1 Å². The van der Waals surface area contributed by atoms with Crippen LogP contribution in [0.25, 0.3) is 16.7 Å². The number of ether oxygens (including phenoxy) is 2. The van der Waals surface area contributed by atoms with Crippen LogP contribution in [0, 0.1) is 6.92 Å². The van der Waals surface area contributed by atoms with E-state index >= 15 is 0 Å². The Balaban J connectivity index is 1.41. The van der Waals surface area contributed by atoms with Crippen molar-refractivity contribution in [3.63, 3.8) is 0 Å². The minimum absolute atomic E-state index is 0.102. The quantitative estimate of drug-likeness (QED) is 0.363. The second-order valence-corrected chi connectivity index (χ2v) is 7.97. The Bertz CT molecular complexity index is 1570. The van der Waals surface area contributed by atoms with Crippen LogP contribution in [0.2, 0.25) is 0 Å². The van der Waals surface area contributed by atoms with Crippen LogP contribution in [0.15, 0.2) is 77.6 Å². The van der Waals surface area contributed by atoms with Crippen LogP contribution in [-0.2, 0) is 25.0 Å². The summed E-state index contributed by atoms with van der Waals surface area (Å²) in [5.41, 5.74) is 2.61. The fourth-order valence-corrected chi connectivity index (χ4v) is 3.88. The van der Waals surface area contributed by atoms with Gasteiger partial charge in [0.1, 0.15) is 12.4 Å². The first-order valence-corrected chi connectivity index (χ1v) is 10.8. The number of benzene rings is 3. The largest absolute Gasteiger partial charge is 0.489 e. The molecule has 0 aliphatic heterocycles. The molecular weight excluding hydrogens is 432 g/mol. The number of nitrogens with zero attached hydrogens (tertiary/aromatic N) is 4. The van der Waals surface area contributed by atoms with Crippen molar-refractivity contribution < 1.29 is 14.3 Å². The van der Waals surface area contributed by atoms with E-state index in [0.29, 0.717) is 39.4 Å². The van der Waals surface area contributed by atoms with Crippen molar-refractivity contribution in [1.29, 1.82) is 0 Å². The van der Waals surface area contributed by atoms with Gasteiger partial charge in [0.15, 0.2) is 12.4 Å². The average molecular weight is 454 g/mol. The van der Waals surface area contributed by atoms with E-state index in [1.165, 1.54) is 4.57 Å². The number of fused-ring (bicyclic) bond motifs is 3. The normalized spacial score (nSPS) is 11.1. The number of hydrogen-bond donors (Lipinski definition) is 0. The van der Waals surface area contributed by atoms with Crippen molar-refractivity contribution in [2.75, 3.05) is 0 Å². The smallest absolute Gasteiger partial charge is 0.338 e. The van der Waals surface area contributed by atoms with E-state index in [9.17, 15) is 9.59 Å². The Morgan fingerprint density at radius 2 is 1.71 bits per heavy atom. The zero-order valence-corrected chi connectivity index (χ0v) is 18.8. The second-order valence-electron chi connectivity index (χ2n) is 7.97. The van der Waals surface area contributed by atoms with Crippen molar-refractivity contribution in [2.24, 2.45) is 7.05 Å². The second kappa shape index (κ2) is 8.82. The lowest BCUT2D eigenvalue weighted by Gasteiger charge is -2.11. The summed E-state index contributed by atoms with van der Waals surface area (Å²) in [4.78, 5) is 25.7. The average Bonchev–Trinajstić information content (AvgIpc) is 3.29. The van der Waals surface area contributed by atoms with Crippen LogP contribution >= 0.6 is 0 Å². The standard InChI is InChI=1S/C26H22N4O4/c1-17-12-13-22-21(14-17)24(31)29(2)26-28-27-23(30(22)26)16-34-25(32)20-11-7-6-8-18(20)15-33-19-9-4-3-5-10-19/h3-14H,15-16H2,1-2H3. The van der Waals surface area contributed by atoms with E-state index in [1.54, 1.807) is 23.6 Å². The molecule has 3 aromatic carbocycles. The molecule has 8 nitrogen and oxygen atoms in total. The molecule has 0 saturated carbocycles. The van der Waals surface area contributed by atoms with Gasteiger partial charge in [0, 0.05) is 12.6 Å². The van der Waals surface area contributed by atoms with Crippen molar-refractivity contribution in [3.8, 4) is 5.75 Å². The van der Waals surface area contributed by atoms with E-state index in [2.05, 4.69) is 10.2 Å². The molecule has 0 aliphatic carbocycles. The van der Waals surface area contributed by atoms with Crippen LogP contribution < -0.4 is 10.3 Å². The predicted octanol–water partition coefficient (Wildman–Crippen LogP) is 3.83. The molecule has 0 bridgehead atoms. The summed E-state index contributed by atoms with van der Waals surface area (Å²) in [6.45, 7) is 2.06. The molecule has 8 heteroatoms. The van der Waals surface area contributed by atoms with Crippen LogP contribution in [-0.4, -0.2) is 25.1 Å². The number of esters is 1. The molecule has 5 aromatic rings. The number of carbonyl (C=O) groups excluding carboxylic acids is 1. The zero-order chi connectivity index (χ0) is 23.7.